The van der Waals surface area contributed by atoms with Crippen LogP contribution in [0.15, 0.2) is 60.9 Å². The quantitative estimate of drug-likeness (QED) is 0.714. The maximum atomic E-state index is 12.2. The summed E-state index contributed by atoms with van der Waals surface area (Å²) in [5.74, 6) is 1.34. The number of nitrogens with one attached hydrogen (secondary N) is 1. The van der Waals surface area contributed by atoms with E-state index >= 15 is 0 Å². The fraction of sp³-hybridized carbons (Fsp3) is 0.0588. The molecule has 3 rings (SSSR count). The van der Waals surface area contributed by atoms with Gasteiger partial charge in [0.25, 0.3) is 5.91 Å². The number of ether oxygens (including phenoxy) is 1. The van der Waals surface area contributed by atoms with Crippen LogP contribution in [-0.4, -0.2) is 15.5 Å². The standard InChI is InChI=1S/C17H16N4O2.BrH/c1-21-11-19-16(18)15(21)17(22)20-12-7-9-14(10-8-12)23-13-5-3-2-4-6-13;/h2-11H,18H2,1H3,(H,20,22);1H. The molecule has 3 aromatic rings. The van der Waals surface area contributed by atoms with Crippen LogP contribution in [0.3, 0.4) is 0 Å². The van der Waals surface area contributed by atoms with E-state index in [1.54, 1.807) is 35.9 Å². The molecule has 1 aromatic heterocycles. The van der Waals surface area contributed by atoms with Gasteiger partial charge >= 0.3 is 0 Å². The Kier molecular flexibility index (Phi) is 5.59. The molecule has 0 aliphatic rings. The number of hydrogen-bond acceptors (Lipinski definition) is 4. The summed E-state index contributed by atoms with van der Waals surface area (Å²) in [5.41, 5.74) is 6.67. The van der Waals surface area contributed by atoms with Gasteiger partial charge < -0.3 is 20.4 Å². The van der Waals surface area contributed by atoms with Crippen molar-refractivity contribution in [1.82, 2.24) is 9.55 Å². The summed E-state index contributed by atoms with van der Waals surface area (Å²) in [5, 5.41) is 2.78. The van der Waals surface area contributed by atoms with Crippen LogP contribution >= 0.6 is 17.0 Å². The second kappa shape index (κ2) is 7.65. The number of amides is 1. The first-order valence-electron chi connectivity index (χ1n) is 7.04. The van der Waals surface area contributed by atoms with E-state index in [2.05, 4.69) is 10.3 Å². The van der Waals surface area contributed by atoms with Crippen molar-refractivity contribution in [2.24, 2.45) is 7.05 Å². The fourth-order valence-electron chi connectivity index (χ4n) is 2.15. The van der Waals surface area contributed by atoms with Crippen LogP contribution in [0.4, 0.5) is 11.5 Å². The maximum Gasteiger partial charge on any atom is 0.276 e. The number of halogens is 1. The highest BCUT2D eigenvalue weighted by molar-refractivity contribution is 8.93. The van der Waals surface area contributed by atoms with Gasteiger partial charge in [-0.05, 0) is 36.4 Å². The van der Waals surface area contributed by atoms with Crippen molar-refractivity contribution < 1.29 is 9.53 Å². The molecule has 2 aromatic carbocycles. The Hall–Kier alpha value is -2.80. The Morgan fingerprint density at radius 1 is 1.08 bits per heavy atom. The molecule has 124 valence electrons. The average molecular weight is 389 g/mol. The van der Waals surface area contributed by atoms with Crippen molar-refractivity contribution in [3.63, 3.8) is 0 Å². The number of carbonyl (C=O) groups is 1. The van der Waals surface area contributed by atoms with Gasteiger partial charge in [0.15, 0.2) is 11.5 Å². The van der Waals surface area contributed by atoms with E-state index in [1.165, 1.54) is 6.33 Å². The van der Waals surface area contributed by atoms with Gasteiger partial charge in [-0.25, -0.2) is 4.98 Å². The zero-order valence-corrected chi connectivity index (χ0v) is 14.7. The van der Waals surface area contributed by atoms with E-state index in [4.69, 9.17) is 10.5 Å². The molecule has 3 N–H and O–H groups in total. The van der Waals surface area contributed by atoms with E-state index in [0.29, 0.717) is 17.1 Å². The smallest absolute Gasteiger partial charge is 0.276 e. The topological polar surface area (TPSA) is 82.2 Å². The highest BCUT2D eigenvalue weighted by Gasteiger charge is 2.15. The number of nitrogens with two attached hydrogens (primary N) is 1. The Bertz CT molecular complexity index is 797. The second-order valence-corrected chi connectivity index (χ2v) is 4.98. The molecule has 0 spiro atoms. The first-order valence-corrected chi connectivity index (χ1v) is 7.04. The zero-order chi connectivity index (χ0) is 16.2. The van der Waals surface area contributed by atoms with Crippen LogP contribution in [0.5, 0.6) is 11.5 Å². The van der Waals surface area contributed by atoms with E-state index < -0.39 is 0 Å². The molecule has 0 aliphatic heterocycles. The van der Waals surface area contributed by atoms with Gasteiger partial charge in [0.2, 0.25) is 0 Å². The van der Waals surface area contributed by atoms with Crippen LogP contribution in [0.1, 0.15) is 10.5 Å². The lowest BCUT2D eigenvalue weighted by atomic mass is 10.3. The number of aryl methyl sites for hydroxylation is 1. The Labute approximate surface area is 150 Å². The SMILES string of the molecule is Br.Cn1cnc(N)c1C(=O)Nc1ccc(Oc2ccccc2)cc1. The minimum Gasteiger partial charge on any atom is -0.457 e. The average Bonchev–Trinajstić information content (AvgIpc) is 2.89. The van der Waals surface area contributed by atoms with Crippen LogP contribution in [0, 0.1) is 0 Å². The van der Waals surface area contributed by atoms with Crippen molar-refractivity contribution in [1.29, 1.82) is 0 Å². The molecule has 0 aliphatic carbocycles. The molecule has 0 saturated carbocycles. The van der Waals surface area contributed by atoms with Gasteiger partial charge in [-0.15, -0.1) is 17.0 Å². The number of para-hydroxylation sites is 1. The molecule has 7 heteroatoms. The number of nitrogens with zero attached hydrogens (tertiary/aromatic N) is 2. The lowest BCUT2D eigenvalue weighted by Crippen LogP contribution is -2.17. The lowest BCUT2D eigenvalue weighted by Gasteiger charge is -2.08. The number of imidazole rings is 1. The summed E-state index contributed by atoms with van der Waals surface area (Å²) >= 11 is 0. The van der Waals surface area contributed by atoms with Crippen LogP contribution < -0.4 is 15.8 Å². The predicted molar refractivity (Wildman–Crippen MR) is 98.9 cm³/mol. The second-order valence-electron chi connectivity index (χ2n) is 4.98. The minimum absolute atomic E-state index is 0. The molecule has 24 heavy (non-hydrogen) atoms. The van der Waals surface area contributed by atoms with Gasteiger partial charge in [-0.2, -0.15) is 0 Å². The molecule has 6 nitrogen and oxygen atoms in total. The number of nitrogen functional groups attached to an aromatic ring is 1. The summed E-state index contributed by atoms with van der Waals surface area (Å²) in [6.07, 6.45) is 1.50. The Balaban J connectivity index is 0.00000208. The van der Waals surface area contributed by atoms with Crippen LogP contribution in [0.2, 0.25) is 0 Å². The molecular formula is C17H17BrN4O2. The molecule has 0 radical (unpaired) electrons. The fourth-order valence-corrected chi connectivity index (χ4v) is 2.15. The highest BCUT2D eigenvalue weighted by Crippen LogP contribution is 2.23. The minimum atomic E-state index is -0.306. The van der Waals surface area contributed by atoms with Gasteiger partial charge in [-0.3, -0.25) is 4.79 Å². The molecule has 0 atom stereocenters. The zero-order valence-electron chi connectivity index (χ0n) is 13.0. The largest absolute Gasteiger partial charge is 0.457 e. The summed E-state index contributed by atoms with van der Waals surface area (Å²) in [6, 6.07) is 16.6. The Morgan fingerprint density at radius 2 is 1.71 bits per heavy atom. The first kappa shape index (κ1) is 17.6. The van der Waals surface area contributed by atoms with Crippen LogP contribution in [-0.2, 0) is 7.05 Å². The number of aromatic nitrogens is 2. The van der Waals surface area contributed by atoms with Crippen molar-refractivity contribution in [2.75, 3.05) is 11.1 Å². The molecule has 0 saturated heterocycles. The summed E-state index contributed by atoms with van der Waals surface area (Å²) in [4.78, 5) is 16.1. The highest BCUT2D eigenvalue weighted by atomic mass is 79.9. The maximum absolute atomic E-state index is 12.2. The van der Waals surface area contributed by atoms with Gasteiger partial charge in [0.05, 0.1) is 6.33 Å². The van der Waals surface area contributed by atoms with E-state index in [1.807, 2.05) is 30.3 Å². The molecule has 0 unspecified atom stereocenters. The van der Waals surface area contributed by atoms with Crippen molar-refractivity contribution >= 4 is 34.4 Å². The number of carbonyl (C=O) groups excluding carboxylic acids is 1. The third-order valence-electron chi connectivity index (χ3n) is 3.27. The molecule has 1 amide bonds. The number of rotatable bonds is 4. The normalized spacial score (nSPS) is 9.88. The molecule has 0 bridgehead atoms. The molecule has 1 heterocycles. The monoisotopic (exact) mass is 388 g/mol. The number of anilines is 2. The van der Waals surface area contributed by atoms with E-state index in [-0.39, 0.29) is 28.7 Å². The number of benzene rings is 2. The number of hydrogen-bond donors (Lipinski definition) is 2. The van der Waals surface area contributed by atoms with Gasteiger partial charge in [-0.1, -0.05) is 18.2 Å². The van der Waals surface area contributed by atoms with E-state index in [9.17, 15) is 4.79 Å². The van der Waals surface area contributed by atoms with Gasteiger partial charge in [0.1, 0.15) is 11.5 Å². The summed E-state index contributed by atoms with van der Waals surface area (Å²) in [7, 11) is 1.72. The molecule has 0 fully saturated rings. The van der Waals surface area contributed by atoms with Crippen molar-refractivity contribution in [3.8, 4) is 11.5 Å². The lowest BCUT2D eigenvalue weighted by molar-refractivity contribution is 0.102. The van der Waals surface area contributed by atoms with Crippen LogP contribution in [0.25, 0.3) is 0 Å². The third kappa shape index (κ3) is 3.94. The van der Waals surface area contributed by atoms with Crippen molar-refractivity contribution in [3.05, 3.63) is 66.6 Å². The predicted octanol–water partition coefficient (Wildman–Crippen LogP) is 3.62. The van der Waals surface area contributed by atoms with E-state index in [0.717, 1.165) is 5.75 Å². The first-order chi connectivity index (χ1) is 11.1. The third-order valence-corrected chi connectivity index (χ3v) is 3.27. The Morgan fingerprint density at radius 3 is 2.29 bits per heavy atom. The summed E-state index contributed by atoms with van der Waals surface area (Å²) in [6.45, 7) is 0. The summed E-state index contributed by atoms with van der Waals surface area (Å²) < 4.78 is 7.28. The van der Waals surface area contributed by atoms with Crippen molar-refractivity contribution in [2.45, 2.75) is 0 Å². The molecular weight excluding hydrogens is 372 g/mol. The van der Waals surface area contributed by atoms with Gasteiger partial charge in [0, 0.05) is 12.7 Å².